The largest absolute Gasteiger partial charge is 0.321 e. The van der Waals surface area contributed by atoms with Gasteiger partial charge in [0.2, 0.25) is 0 Å². The van der Waals surface area contributed by atoms with E-state index < -0.39 is 0 Å². The molecule has 1 aromatic rings. The van der Waals surface area contributed by atoms with E-state index in [-0.39, 0.29) is 5.91 Å². The van der Waals surface area contributed by atoms with Crippen molar-refractivity contribution < 1.29 is 9.28 Å². The van der Waals surface area contributed by atoms with Gasteiger partial charge in [-0.3, -0.25) is 4.79 Å². The summed E-state index contributed by atoms with van der Waals surface area (Å²) in [5, 5.41) is 3.84. The summed E-state index contributed by atoms with van der Waals surface area (Å²) < 4.78 is 0.928. The summed E-state index contributed by atoms with van der Waals surface area (Å²) in [6, 6.07) is 3.81. The van der Waals surface area contributed by atoms with E-state index in [0.717, 1.165) is 46.0 Å². The maximum atomic E-state index is 12.6. The predicted octanol–water partition coefficient (Wildman–Crippen LogP) is 4.31. The molecule has 122 valence electrons. The quantitative estimate of drug-likeness (QED) is 0.822. The number of likely N-dealkylation sites (N-methyl/N-ethyl adjacent to an activating group) is 1. The van der Waals surface area contributed by atoms with Gasteiger partial charge >= 0.3 is 0 Å². The summed E-state index contributed by atoms with van der Waals surface area (Å²) in [5.74, 6) is 0.122. The second kappa shape index (κ2) is 7.47. The molecule has 22 heavy (non-hydrogen) atoms. The van der Waals surface area contributed by atoms with Gasteiger partial charge in [0.25, 0.3) is 5.91 Å². The molecular formula is C18H28ClN2O+. The fourth-order valence-corrected chi connectivity index (χ4v) is 3.86. The Labute approximate surface area is 139 Å². The molecule has 0 aliphatic carbocycles. The predicted molar refractivity (Wildman–Crippen MR) is 93.4 cm³/mol. The lowest BCUT2D eigenvalue weighted by molar-refractivity contribution is -0.918. The third-order valence-electron chi connectivity index (χ3n) is 4.93. The summed E-state index contributed by atoms with van der Waals surface area (Å²) in [6.07, 6.45) is 5.08. The standard InChI is InChI=1S/C18H27ClN2O/c1-4-21(9-7-5-6-8-10-21)13-17(22)20-18-14(2)11-16(19)12-15(18)3/h11-12H,4-10,13H2,1-3H3/p+1. The molecule has 0 saturated carbocycles. The number of anilines is 1. The van der Waals surface area contributed by atoms with Crippen LogP contribution < -0.4 is 5.32 Å². The molecule has 1 aromatic carbocycles. The molecule has 2 rings (SSSR count). The van der Waals surface area contributed by atoms with Crippen LogP contribution in [-0.2, 0) is 4.79 Å². The number of hydrogen-bond acceptors (Lipinski definition) is 1. The molecule has 1 heterocycles. The minimum atomic E-state index is 0.122. The van der Waals surface area contributed by atoms with Gasteiger partial charge < -0.3 is 9.80 Å². The van der Waals surface area contributed by atoms with Crippen LogP contribution in [-0.4, -0.2) is 36.6 Å². The molecule has 0 bridgehead atoms. The van der Waals surface area contributed by atoms with Gasteiger partial charge in [0.1, 0.15) is 0 Å². The molecule has 1 aliphatic rings. The van der Waals surface area contributed by atoms with Gasteiger partial charge in [0.15, 0.2) is 6.54 Å². The smallest absolute Gasteiger partial charge is 0.279 e. The third kappa shape index (κ3) is 4.23. The van der Waals surface area contributed by atoms with Crippen molar-refractivity contribution >= 4 is 23.2 Å². The number of quaternary nitrogens is 1. The number of carbonyl (C=O) groups is 1. The van der Waals surface area contributed by atoms with Crippen LogP contribution in [0, 0.1) is 13.8 Å². The van der Waals surface area contributed by atoms with Gasteiger partial charge in [-0.2, -0.15) is 0 Å². The molecule has 1 saturated heterocycles. The van der Waals surface area contributed by atoms with Crippen LogP contribution in [0.2, 0.25) is 5.02 Å². The Morgan fingerprint density at radius 2 is 1.68 bits per heavy atom. The average molecular weight is 324 g/mol. The van der Waals surface area contributed by atoms with Gasteiger partial charge in [0.05, 0.1) is 19.6 Å². The highest BCUT2D eigenvalue weighted by Crippen LogP contribution is 2.25. The normalized spacial score (nSPS) is 17.8. The van der Waals surface area contributed by atoms with Crippen LogP contribution in [0.3, 0.4) is 0 Å². The Balaban J connectivity index is 2.09. The Hall–Kier alpha value is -1.06. The van der Waals surface area contributed by atoms with Crippen molar-refractivity contribution in [2.75, 3.05) is 31.5 Å². The zero-order chi connectivity index (χ0) is 16.2. The van der Waals surface area contributed by atoms with Gasteiger partial charge in [-0.05, 0) is 69.7 Å². The average Bonchev–Trinajstić information content (AvgIpc) is 2.69. The zero-order valence-electron chi connectivity index (χ0n) is 14.0. The number of nitrogens with zero attached hydrogens (tertiary/aromatic N) is 1. The summed E-state index contributed by atoms with van der Waals surface area (Å²) in [6.45, 7) is 10.1. The fourth-order valence-electron chi connectivity index (χ4n) is 3.54. The molecule has 0 spiro atoms. The molecule has 0 aromatic heterocycles. The number of carbonyl (C=O) groups excluding carboxylic acids is 1. The number of likely N-dealkylation sites (tertiary alicyclic amines) is 1. The van der Waals surface area contributed by atoms with E-state index in [1.165, 1.54) is 25.7 Å². The second-order valence-corrected chi connectivity index (χ2v) is 7.08. The monoisotopic (exact) mass is 323 g/mol. The highest BCUT2D eigenvalue weighted by molar-refractivity contribution is 6.30. The molecule has 0 radical (unpaired) electrons. The Bertz CT molecular complexity index is 511. The van der Waals surface area contributed by atoms with Crippen molar-refractivity contribution in [1.29, 1.82) is 0 Å². The highest BCUT2D eigenvalue weighted by Gasteiger charge is 2.29. The Morgan fingerprint density at radius 3 is 2.18 bits per heavy atom. The summed E-state index contributed by atoms with van der Waals surface area (Å²) in [7, 11) is 0. The lowest BCUT2D eigenvalue weighted by Crippen LogP contribution is -2.52. The van der Waals surface area contributed by atoms with Crippen LogP contribution in [0.1, 0.15) is 43.7 Å². The van der Waals surface area contributed by atoms with E-state index in [1.807, 2.05) is 26.0 Å². The first-order chi connectivity index (χ1) is 10.5. The van der Waals surface area contributed by atoms with E-state index >= 15 is 0 Å². The minimum absolute atomic E-state index is 0.122. The summed E-state index contributed by atoms with van der Waals surface area (Å²) >= 11 is 6.06. The van der Waals surface area contributed by atoms with E-state index in [9.17, 15) is 4.79 Å². The van der Waals surface area contributed by atoms with Crippen molar-refractivity contribution in [1.82, 2.24) is 0 Å². The number of halogens is 1. The van der Waals surface area contributed by atoms with E-state index in [4.69, 9.17) is 11.6 Å². The van der Waals surface area contributed by atoms with Gasteiger partial charge in [0, 0.05) is 10.7 Å². The topological polar surface area (TPSA) is 29.1 Å². The molecule has 4 heteroatoms. The van der Waals surface area contributed by atoms with Crippen LogP contribution in [0.15, 0.2) is 12.1 Å². The summed E-state index contributed by atoms with van der Waals surface area (Å²) in [4.78, 5) is 12.6. The Morgan fingerprint density at radius 1 is 1.14 bits per heavy atom. The van der Waals surface area contributed by atoms with Crippen molar-refractivity contribution in [3.63, 3.8) is 0 Å². The van der Waals surface area contributed by atoms with E-state index in [0.29, 0.717) is 6.54 Å². The van der Waals surface area contributed by atoms with Gasteiger partial charge in [-0.1, -0.05) is 11.6 Å². The molecule has 3 nitrogen and oxygen atoms in total. The molecule has 0 atom stereocenters. The van der Waals surface area contributed by atoms with Gasteiger partial charge in [-0.25, -0.2) is 0 Å². The maximum Gasteiger partial charge on any atom is 0.279 e. The molecule has 1 aliphatic heterocycles. The van der Waals surface area contributed by atoms with Crippen LogP contribution in [0.25, 0.3) is 0 Å². The Kier molecular flexibility index (Phi) is 5.87. The van der Waals surface area contributed by atoms with Crippen LogP contribution in [0.5, 0.6) is 0 Å². The first kappa shape index (κ1) is 17.3. The van der Waals surface area contributed by atoms with E-state index in [2.05, 4.69) is 12.2 Å². The lowest BCUT2D eigenvalue weighted by atomic mass is 10.1. The van der Waals surface area contributed by atoms with Crippen LogP contribution >= 0.6 is 11.6 Å². The first-order valence-electron chi connectivity index (χ1n) is 8.37. The van der Waals surface area contributed by atoms with Crippen molar-refractivity contribution in [3.8, 4) is 0 Å². The third-order valence-corrected chi connectivity index (χ3v) is 5.14. The van der Waals surface area contributed by atoms with E-state index in [1.54, 1.807) is 0 Å². The van der Waals surface area contributed by atoms with Crippen molar-refractivity contribution in [2.45, 2.75) is 46.5 Å². The first-order valence-corrected chi connectivity index (χ1v) is 8.75. The lowest BCUT2D eigenvalue weighted by Gasteiger charge is -2.36. The number of hydrogen-bond donors (Lipinski definition) is 1. The van der Waals surface area contributed by atoms with Crippen molar-refractivity contribution in [3.05, 3.63) is 28.3 Å². The molecule has 0 unspecified atom stereocenters. The zero-order valence-corrected chi connectivity index (χ0v) is 14.8. The van der Waals surface area contributed by atoms with Crippen LogP contribution in [0.4, 0.5) is 5.69 Å². The second-order valence-electron chi connectivity index (χ2n) is 6.64. The molecular weight excluding hydrogens is 296 g/mol. The number of benzene rings is 1. The molecule has 1 fully saturated rings. The minimum Gasteiger partial charge on any atom is -0.321 e. The number of rotatable bonds is 4. The molecule has 1 amide bonds. The highest BCUT2D eigenvalue weighted by atomic mass is 35.5. The van der Waals surface area contributed by atoms with Gasteiger partial charge in [-0.15, -0.1) is 0 Å². The summed E-state index contributed by atoms with van der Waals surface area (Å²) in [5.41, 5.74) is 2.97. The SMILES string of the molecule is CC[N+]1(CC(=O)Nc2c(C)cc(Cl)cc2C)CCCCCC1. The van der Waals surface area contributed by atoms with Crippen molar-refractivity contribution in [2.24, 2.45) is 0 Å². The maximum absolute atomic E-state index is 12.6. The fraction of sp³-hybridized carbons (Fsp3) is 0.611. The number of amides is 1. The number of nitrogens with one attached hydrogen (secondary N) is 1. The number of aryl methyl sites for hydroxylation is 2. The molecule has 1 N–H and O–H groups in total.